The van der Waals surface area contributed by atoms with Crippen molar-refractivity contribution in [3.05, 3.63) is 78.4 Å². The minimum Gasteiger partial charge on any atom is -0.481 e. The van der Waals surface area contributed by atoms with Gasteiger partial charge in [-0.3, -0.25) is 9.59 Å². The fourth-order valence-corrected chi connectivity index (χ4v) is 4.28. The maximum atomic E-state index is 12.8. The van der Waals surface area contributed by atoms with Crippen molar-refractivity contribution < 1.29 is 23.1 Å². The smallest absolute Gasteiger partial charge is 0.305 e. The molecule has 8 heteroatoms. The number of carbonyl (C=O) groups excluding carboxylic acids is 1. The lowest BCUT2D eigenvalue weighted by molar-refractivity contribution is -0.139. The molecule has 3 N–H and O–H groups in total. The summed E-state index contributed by atoms with van der Waals surface area (Å²) in [4.78, 5) is 23.6. The number of carbonyl (C=O) groups is 2. The molecule has 0 spiro atoms. The van der Waals surface area contributed by atoms with Crippen molar-refractivity contribution in [1.82, 2.24) is 10.0 Å². The number of aliphatic carboxylic acids is 1. The Morgan fingerprint density at radius 1 is 0.900 bits per heavy atom. The van der Waals surface area contributed by atoms with Gasteiger partial charge in [0.1, 0.15) is 6.04 Å². The first kappa shape index (κ1) is 21.5. The van der Waals surface area contributed by atoms with Gasteiger partial charge in [-0.1, -0.05) is 60.7 Å². The normalized spacial score (nSPS) is 12.4. The van der Waals surface area contributed by atoms with Crippen molar-refractivity contribution in [3.8, 4) is 0 Å². The predicted octanol–water partition coefficient (Wildman–Crippen LogP) is 2.32. The maximum absolute atomic E-state index is 12.8. The van der Waals surface area contributed by atoms with E-state index in [1.807, 2.05) is 42.5 Å². The third-order valence-electron chi connectivity index (χ3n) is 4.58. The third kappa shape index (κ3) is 5.65. The van der Waals surface area contributed by atoms with E-state index in [9.17, 15) is 18.0 Å². The van der Waals surface area contributed by atoms with Gasteiger partial charge >= 0.3 is 5.97 Å². The minimum absolute atomic E-state index is 0.0336. The molecule has 0 aromatic heterocycles. The molecule has 7 nitrogen and oxygen atoms in total. The van der Waals surface area contributed by atoms with Gasteiger partial charge in [-0.05, 0) is 34.9 Å². The van der Waals surface area contributed by atoms with Crippen LogP contribution >= 0.6 is 0 Å². The molecule has 0 aliphatic heterocycles. The number of nitrogens with one attached hydrogen (secondary N) is 2. The largest absolute Gasteiger partial charge is 0.481 e. The van der Waals surface area contributed by atoms with E-state index in [-0.39, 0.29) is 11.4 Å². The second-order valence-electron chi connectivity index (χ2n) is 6.81. The Kier molecular flexibility index (Phi) is 6.81. The van der Waals surface area contributed by atoms with Crippen molar-refractivity contribution in [2.24, 2.45) is 0 Å². The lowest BCUT2D eigenvalue weighted by Gasteiger charge is -2.17. The first-order valence-electron chi connectivity index (χ1n) is 9.40. The molecule has 156 valence electrons. The Bertz CT molecular complexity index is 1150. The molecule has 0 saturated carbocycles. The highest BCUT2D eigenvalue weighted by molar-refractivity contribution is 7.89. The standard InChI is InChI=1S/C22H22N2O5S/c25-21(26)15-20(22(27)23-13-12-16-6-2-1-3-7-16)24-30(28,29)19-11-10-17-8-4-5-9-18(17)14-19/h1-11,14,20,24H,12-13,15H2,(H,23,27)(H,25,26)/t20-/m1/s1. The van der Waals surface area contributed by atoms with E-state index < -0.39 is 34.4 Å². The number of rotatable bonds is 9. The highest BCUT2D eigenvalue weighted by Crippen LogP contribution is 2.19. The molecule has 0 aliphatic carbocycles. The summed E-state index contributed by atoms with van der Waals surface area (Å²) in [6.45, 7) is 0.261. The minimum atomic E-state index is -4.09. The van der Waals surface area contributed by atoms with Crippen LogP contribution in [-0.4, -0.2) is 38.0 Å². The van der Waals surface area contributed by atoms with Gasteiger partial charge in [0.25, 0.3) is 0 Å². The van der Waals surface area contributed by atoms with Gasteiger partial charge in [0.05, 0.1) is 11.3 Å². The van der Waals surface area contributed by atoms with Crippen LogP contribution in [0.25, 0.3) is 10.8 Å². The number of amides is 1. The molecule has 3 aromatic rings. The van der Waals surface area contributed by atoms with E-state index in [4.69, 9.17) is 5.11 Å². The number of sulfonamides is 1. The number of carboxylic acids is 1. The van der Waals surface area contributed by atoms with Crippen LogP contribution in [0.3, 0.4) is 0 Å². The lowest BCUT2D eigenvalue weighted by Crippen LogP contribution is -2.48. The zero-order chi connectivity index (χ0) is 21.6. The topological polar surface area (TPSA) is 113 Å². The second kappa shape index (κ2) is 9.51. The Morgan fingerprint density at radius 3 is 2.27 bits per heavy atom. The molecule has 0 fully saturated rings. The highest BCUT2D eigenvalue weighted by atomic mass is 32.2. The zero-order valence-corrected chi connectivity index (χ0v) is 16.9. The number of hydrogen-bond acceptors (Lipinski definition) is 4. The first-order chi connectivity index (χ1) is 14.3. The summed E-state index contributed by atoms with van der Waals surface area (Å²) in [6.07, 6.45) is -0.117. The van der Waals surface area contributed by atoms with Crippen molar-refractivity contribution in [3.63, 3.8) is 0 Å². The predicted molar refractivity (Wildman–Crippen MR) is 113 cm³/mol. The Balaban J connectivity index is 1.71. The fourth-order valence-electron chi connectivity index (χ4n) is 3.05. The van der Waals surface area contributed by atoms with Gasteiger partial charge in [-0.15, -0.1) is 0 Å². The zero-order valence-electron chi connectivity index (χ0n) is 16.1. The van der Waals surface area contributed by atoms with E-state index >= 15 is 0 Å². The second-order valence-corrected chi connectivity index (χ2v) is 8.52. The molecule has 0 bridgehead atoms. The van der Waals surface area contributed by atoms with Gasteiger partial charge < -0.3 is 10.4 Å². The molecule has 1 atom stereocenters. The van der Waals surface area contributed by atoms with Crippen LogP contribution in [0, 0.1) is 0 Å². The third-order valence-corrected chi connectivity index (χ3v) is 6.05. The summed E-state index contributed by atoms with van der Waals surface area (Å²) < 4.78 is 27.8. The molecule has 0 heterocycles. The van der Waals surface area contributed by atoms with Crippen molar-refractivity contribution in [2.45, 2.75) is 23.8 Å². The molecule has 30 heavy (non-hydrogen) atoms. The summed E-state index contributed by atoms with van der Waals surface area (Å²) in [5, 5.41) is 13.3. The molecule has 3 aromatic carbocycles. The summed E-state index contributed by atoms with van der Waals surface area (Å²) in [5.41, 5.74) is 1.00. The summed E-state index contributed by atoms with van der Waals surface area (Å²) >= 11 is 0. The Morgan fingerprint density at radius 2 is 1.57 bits per heavy atom. The van der Waals surface area contributed by atoms with E-state index in [1.165, 1.54) is 12.1 Å². The van der Waals surface area contributed by atoms with Crippen LogP contribution in [-0.2, 0) is 26.0 Å². The molecule has 0 aliphatic rings. The van der Waals surface area contributed by atoms with E-state index in [1.54, 1.807) is 18.2 Å². The first-order valence-corrected chi connectivity index (χ1v) is 10.9. The molecule has 0 radical (unpaired) electrons. The van der Waals surface area contributed by atoms with Gasteiger partial charge in [-0.25, -0.2) is 8.42 Å². The van der Waals surface area contributed by atoms with E-state index in [0.717, 1.165) is 16.3 Å². The van der Waals surface area contributed by atoms with E-state index in [2.05, 4.69) is 10.0 Å². The van der Waals surface area contributed by atoms with Crippen LogP contribution in [0.1, 0.15) is 12.0 Å². The van der Waals surface area contributed by atoms with Crippen LogP contribution in [0.4, 0.5) is 0 Å². The van der Waals surface area contributed by atoms with Crippen molar-refractivity contribution in [2.75, 3.05) is 6.54 Å². The van der Waals surface area contributed by atoms with Crippen LogP contribution in [0.5, 0.6) is 0 Å². The monoisotopic (exact) mass is 426 g/mol. The number of carboxylic acid groups (broad SMARTS) is 1. The van der Waals surface area contributed by atoms with Crippen LogP contribution in [0.15, 0.2) is 77.7 Å². The fraction of sp³-hybridized carbons (Fsp3) is 0.182. The van der Waals surface area contributed by atoms with Gasteiger partial charge in [-0.2, -0.15) is 4.72 Å². The summed E-state index contributed by atoms with van der Waals surface area (Å²) in [7, 11) is -4.09. The number of fused-ring (bicyclic) bond motifs is 1. The maximum Gasteiger partial charge on any atom is 0.305 e. The molecule has 0 unspecified atom stereocenters. The summed E-state index contributed by atoms with van der Waals surface area (Å²) in [6, 6.07) is 19.9. The lowest BCUT2D eigenvalue weighted by atomic mass is 10.1. The van der Waals surface area contributed by atoms with Crippen molar-refractivity contribution in [1.29, 1.82) is 0 Å². The number of hydrogen-bond donors (Lipinski definition) is 3. The quantitative estimate of drug-likeness (QED) is 0.486. The average molecular weight is 426 g/mol. The Hall–Kier alpha value is -3.23. The SMILES string of the molecule is O=C(O)C[C@@H](NS(=O)(=O)c1ccc2ccccc2c1)C(=O)NCCc1ccccc1. The van der Waals surface area contributed by atoms with Crippen LogP contribution < -0.4 is 10.0 Å². The van der Waals surface area contributed by atoms with E-state index in [0.29, 0.717) is 6.42 Å². The molecular formula is C22H22N2O5S. The Labute approximate surface area is 174 Å². The number of benzene rings is 3. The van der Waals surface area contributed by atoms with Gasteiger partial charge in [0, 0.05) is 6.54 Å². The van der Waals surface area contributed by atoms with Gasteiger partial charge in [0.2, 0.25) is 15.9 Å². The highest BCUT2D eigenvalue weighted by Gasteiger charge is 2.28. The molecule has 0 saturated heterocycles. The van der Waals surface area contributed by atoms with Gasteiger partial charge in [0.15, 0.2) is 0 Å². The molecular weight excluding hydrogens is 404 g/mol. The van der Waals surface area contributed by atoms with Crippen molar-refractivity contribution >= 4 is 32.7 Å². The molecule has 3 rings (SSSR count). The average Bonchev–Trinajstić information content (AvgIpc) is 2.73. The summed E-state index contributed by atoms with van der Waals surface area (Å²) in [5.74, 6) is -1.96. The van der Waals surface area contributed by atoms with Crippen LogP contribution in [0.2, 0.25) is 0 Å². The molecule has 1 amide bonds.